The van der Waals surface area contributed by atoms with Crippen molar-refractivity contribution in [2.45, 2.75) is 23.8 Å². The molecule has 1 aliphatic heterocycles. The number of carbonyl (C=O) groups is 1. The van der Waals surface area contributed by atoms with E-state index in [1.54, 1.807) is 23.0 Å². The molecule has 1 aromatic heterocycles. The topological polar surface area (TPSA) is 93.5 Å². The molecule has 0 bridgehead atoms. The highest BCUT2D eigenvalue weighted by Crippen LogP contribution is 2.23. The van der Waals surface area contributed by atoms with Gasteiger partial charge in [-0.15, -0.1) is 0 Å². The van der Waals surface area contributed by atoms with Gasteiger partial charge in [-0.25, -0.2) is 13.1 Å². The van der Waals surface area contributed by atoms with E-state index in [9.17, 15) is 13.2 Å². The zero-order chi connectivity index (χ0) is 21.8. The largest absolute Gasteiger partial charge is 0.497 e. The van der Waals surface area contributed by atoms with Crippen LogP contribution in [-0.4, -0.2) is 54.7 Å². The number of rotatable bonds is 8. The Morgan fingerprint density at radius 2 is 1.84 bits per heavy atom. The van der Waals surface area contributed by atoms with Crippen molar-refractivity contribution in [1.29, 1.82) is 0 Å². The van der Waals surface area contributed by atoms with Crippen LogP contribution in [0.15, 0.2) is 71.9 Å². The molecule has 0 unspecified atom stereocenters. The molecular weight excluding hydrogens is 416 g/mol. The molecule has 31 heavy (non-hydrogen) atoms. The van der Waals surface area contributed by atoms with Crippen LogP contribution in [0.25, 0.3) is 5.69 Å². The van der Waals surface area contributed by atoms with Gasteiger partial charge in [0.1, 0.15) is 5.75 Å². The van der Waals surface area contributed by atoms with E-state index in [1.807, 2.05) is 36.5 Å². The molecule has 1 saturated heterocycles. The number of nitrogens with zero attached hydrogens (tertiary/aromatic N) is 3. The normalized spacial score (nSPS) is 14.7. The molecular formula is C22H24N4O4S. The Balaban J connectivity index is 1.24. The number of amides is 1. The molecule has 0 spiro atoms. The summed E-state index contributed by atoms with van der Waals surface area (Å²) in [5, 5.41) is 7.24. The maximum absolute atomic E-state index is 12.6. The Labute approximate surface area is 181 Å². The van der Waals surface area contributed by atoms with E-state index in [4.69, 9.17) is 4.74 Å². The lowest BCUT2D eigenvalue weighted by Gasteiger charge is -2.38. The molecule has 0 radical (unpaired) electrons. The van der Waals surface area contributed by atoms with E-state index in [1.165, 1.54) is 23.5 Å². The van der Waals surface area contributed by atoms with Gasteiger partial charge < -0.3 is 10.1 Å². The van der Waals surface area contributed by atoms with E-state index in [-0.39, 0.29) is 29.9 Å². The summed E-state index contributed by atoms with van der Waals surface area (Å²) in [6, 6.07) is 15.9. The number of benzene rings is 2. The van der Waals surface area contributed by atoms with Crippen molar-refractivity contribution < 1.29 is 17.9 Å². The monoisotopic (exact) mass is 440 g/mol. The average Bonchev–Trinajstić information content (AvgIpc) is 3.24. The maximum Gasteiger partial charge on any atom is 0.243 e. The lowest BCUT2D eigenvalue weighted by molar-refractivity contribution is -0.122. The molecule has 9 heteroatoms. The molecule has 3 aromatic rings. The van der Waals surface area contributed by atoms with Gasteiger partial charge in [0.2, 0.25) is 15.9 Å². The summed E-state index contributed by atoms with van der Waals surface area (Å²) in [5.74, 6) is 0.501. The standard InChI is InChI=1S/C22H24N4O4S/c1-30-20-8-10-21(11-9-20)31(28,29)25-15-18(16-25)24-22(27)12-7-17-13-23-26(14-17)19-5-3-2-4-6-19/h2-6,8-11,13-14,18H,7,12,15-16H2,1H3,(H,24,27). The smallest absolute Gasteiger partial charge is 0.243 e. The lowest BCUT2D eigenvalue weighted by Crippen LogP contribution is -2.60. The summed E-state index contributed by atoms with van der Waals surface area (Å²) >= 11 is 0. The molecule has 162 valence electrons. The highest BCUT2D eigenvalue weighted by molar-refractivity contribution is 7.89. The van der Waals surface area contributed by atoms with Crippen molar-refractivity contribution >= 4 is 15.9 Å². The van der Waals surface area contributed by atoms with Crippen molar-refractivity contribution in [3.05, 3.63) is 72.6 Å². The first kappa shape index (κ1) is 21.1. The predicted octanol–water partition coefficient (Wildman–Crippen LogP) is 2.00. The first-order chi connectivity index (χ1) is 15.0. The summed E-state index contributed by atoms with van der Waals surface area (Å²) < 4.78 is 33.5. The number of sulfonamides is 1. The molecule has 2 aromatic carbocycles. The first-order valence-electron chi connectivity index (χ1n) is 9.98. The van der Waals surface area contributed by atoms with Gasteiger partial charge in [-0.1, -0.05) is 18.2 Å². The van der Waals surface area contributed by atoms with Gasteiger partial charge >= 0.3 is 0 Å². The maximum atomic E-state index is 12.6. The minimum absolute atomic E-state index is 0.0982. The third kappa shape index (κ3) is 4.78. The van der Waals surface area contributed by atoms with Crippen molar-refractivity contribution in [3.8, 4) is 11.4 Å². The number of hydrogen-bond acceptors (Lipinski definition) is 5. The summed E-state index contributed by atoms with van der Waals surface area (Å²) in [6.07, 6.45) is 4.56. The fourth-order valence-electron chi connectivity index (χ4n) is 3.39. The third-order valence-electron chi connectivity index (χ3n) is 5.21. The summed E-state index contributed by atoms with van der Waals surface area (Å²) in [7, 11) is -2.03. The van der Waals surface area contributed by atoms with Crippen LogP contribution in [0.1, 0.15) is 12.0 Å². The van der Waals surface area contributed by atoms with Gasteiger partial charge in [0.05, 0.1) is 29.9 Å². The third-order valence-corrected chi connectivity index (χ3v) is 7.05. The average molecular weight is 441 g/mol. The number of para-hydroxylation sites is 1. The lowest BCUT2D eigenvalue weighted by atomic mass is 10.1. The highest BCUT2D eigenvalue weighted by Gasteiger charge is 2.37. The number of hydrogen-bond donors (Lipinski definition) is 1. The number of aryl methyl sites for hydroxylation is 1. The van der Waals surface area contributed by atoms with Crippen LogP contribution in [0, 0.1) is 0 Å². The van der Waals surface area contributed by atoms with Gasteiger partial charge in [0.25, 0.3) is 0 Å². The second-order valence-electron chi connectivity index (χ2n) is 7.39. The van der Waals surface area contributed by atoms with E-state index in [2.05, 4.69) is 10.4 Å². The van der Waals surface area contributed by atoms with Crippen molar-refractivity contribution in [2.75, 3.05) is 20.2 Å². The van der Waals surface area contributed by atoms with Gasteiger partial charge in [-0.3, -0.25) is 4.79 Å². The SMILES string of the molecule is COc1ccc(S(=O)(=O)N2CC(NC(=O)CCc3cnn(-c4ccccc4)c3)C2)cc1. The minimum atomic E-state index is -3.56. The Kier molecular flexibility index (Phi) is 6.06. The quantitative estimate of drug-likeness (QED) is 0.578. The molecule has 1 amide bonds. The summed E-state index contributed by atoms with van der Waals surface area (Å²) in [4.78, 5) is 12.5. The van der Waals surface area contributed by atoms with Crippen molar-refractivity contribution in [2.24, 2.45) is 0 Å². The molecule has 0 aliphatic carbocycles. The van der Waals surface area contributed by atoms with Gasteiger partial charge in [-0.2, -0.15) is 9.40 Å². The van der Waals surface area contributed by atoms with Crippen LogP contribution >= 0.6 is 0 Å². The summed E-state index contributed by atoms with van der Waals surface area (Å²) in [6.45, 7) is 0.540. The Morgan fingerprint density at radius 1 is 1.13 bits per heavy atom. The van der Waals surface area contributed by atoms with Crippen molar-refractivity contribution in [3.63, 3.8) is 0 Å². The molecule has 1 fully saturated rings. The van der Waals surface area contributed by atoms with Crippen molar-refractivity contribution in [1.82, 2.24) is 19.4 Å². The van der Waals surface area contributed by atoms with Crippen LogP contribution < -0.4 is 10.1 Å². The van der Waals surface area contributed by atoms with E-state index < -0.39 is 10.0 Å². The van der Waals surface area contributed by atoms with Gasteiger partial charge in [0.15, 0.2) is 0 Å². The van der Waals surface area contributed by atoms with E-state index in [0.29, 0.717) is 18.6 Å². The van der Waals surface area contributed by atoms with E-state index >= 15 is 0 Å². The van der Waals surface area contributed by atoms with Crippen LogP contribution in [0.2, 0.25) is 0 Å². The molecule has 1 aliphatic rings. The predicted molar refractivity (Wildman–Crippen MR) is 116 cm³/mol. The van der Waals surface area contributed by atoms with E-state index in [0.717, 1.165) is 11.3 Å². The fourth-order valence-corrected chi connectivity index (χ4v) is 4.92. The molecule has 0 atom stereocenters. The minimum Gasteiger partial charge on any atom is -0.497 e. The molecule has 2 heterocycles. The highest BCUT2D eigenvalue weighted by atomic mass is 32.2. The van der Waals surface area contributed by atoms with Crippen LogP contribution in [-0.2, 0) is 21.2 Å². The van der Waals surface area contributed by atoms with Gasteiger partial charge in [0, 0.05) is 25.7 Å². The Hall–Kier alpha value is -3.17. The molecule has 4 rings (SSSR count). The second-order valence-corrected chi connectivity index (χ2v) is 9.33. The fraction of sp³-hybridized carbons (Fsp3) is 0.273. The molecule has 1 N–H and O–H groups in total. The first-order valence-corrected chi connectivity index (χ1v) is 11.4. The number of ether oxygens (including phenoxy) is 1. The summed E-state index contributed by atoms with van der Waals surface area (Å²) in [5.41, 5.74) is 1.93. The number of nitrogens with one attached hydrogen (secondary N) is 1. The zero-order valence-corrected chi connectivity index (χ0v) is 18.0. The zero-order valence-electron chi connectivity index (χ0n) is 17.1. The Bertz CT molecular complexity index is 1140. The van der Waals surface area contributed by atoms with Crippen LogP contribution in [0.3, 0.4) is 0 Å². The number of carbonyl (C=O) groups excluding carboxylic acids is 1. The molecule has 8 nitrogen and oxygen atoms in total. The second kappa shape index (κ2) is 8.91. The number of methoxy groups -OCH3 is 1. The van der Waals surface area contributed by atoms with Gasteiger partial charge in [-0.05, 0) is 48.4 Å². The Morgan fingerprint density at radius 3 is 2.52 bits per heavy atom. The van der Waals surface area contributed by atoms with Crippen LogP contribution in [0.4, 0.5) is 0 Å². The van der Waals surface area contributed by atoms with Crippen LogP contribution in [0.5, 0.6) is 5.75 Å². The molecule has 0 saturated carbocycles. The number of aromatic nitrogens is 2.